The molecule has 0 spiro atoms. The van der Waals surface area contributed by atoms with Crippen LogP contribution in [0.2, 0.25) is 0 Å². The Bertz CT molecular complexity index is 708. The maximum atomic E-state index is 12.6. The van der Waals surface area contributed by atoms with Crippen LogP contribution in [0, 0.1) is 12.8 Å². The number of cyclic esters (lactones) is 1. The fourth-order valence-electron chi connectivity index (χ4n) is 2.96. The number of esters is 1. The van der Waals surface area contributed by atoms with Crippen molar-refractivity contribution in [1.29, 1.82) is 0 Å². The van der Waals surface area contributed by atoms with Gasteiger partial charge in [-0.2, -0.15) is 0 Å². The molecule has 0 amide bonds. The predicted molar refractivity (Wildman–Crippen MR) is 96.0 cm³/mol. The molecule has 1 unspecified atom stereocenters. The first kappa shape index (κ1) is 20.1. The zero-order valence-electron chi connectivity index (χ0n) is 15.3. The molecule has 1 aliphatic heterocycles. The first-order valence-electron chi connectivity index (χ1n) is 8.82. The van der Waals surface area contributed by atoms with Crippen molar-refractivity contribution < 1.29 is 29.6 Å². The SMILES string of the molecule is Cc1cc(O)c2c(c1)CCC[C@H](O)C(O)C(=O)/C=C\[C@@H](C)[C@H](C)OC2=O. The lowest BCUT2D eigenvalue weighted by Crippen LogP contribution is -2.33. The molecule has 0 fully saturated rings. The highest BCUT2D eigenvalue weighted by molar-refractivity contribution is 5.95. The summed E-state index contributed by atoms with van der Waals surface area (Å²) in [6.45, 7) is 5.27. The van der Waals surface area contributed by atoms with E-state index in [0.717, 1.165) is 5.56 Å². The number of ether oxygens (including phenoxy) is 1. The Kier molecular flexibility index (Phi) is 6.56. The summed E-state index contributed by atoms with van der Waals surface area (Å²) in [7, 11) is 0. The highest BCUT2D eigenvalue weighted by Gasteiger charge is 2.26. The van der Waals surface area contributed by atoms with Gasteiger partial charge >= 0.3 is 5.97 Å². The molecule has 0 saturated heterocycles. The maximum absolute atomic E-state index is 12.6. The molecule has 6 nitrogen and oxygen atoms in total. The highest BCUT2D eigenvalue weighted by atomic mass is 16.5. The van der Waals surface area contributed by atoms with Crippen molar-refractivity contribution in [2.24, 2.45) is 5.92 Å². The Balaban J connectivity index is 2.39. The number of carbonyl (C=O) groups is 2. The van der Waals surface area contributed by atoms with Gasteiger partial charge in [0.2, 0.25) is 0 Å². The molecule has 0 aliphatic carbocycles. The van der Waals surface area contributed by atoms with Gasteiger partial charge in [0, 0.05) is 5.92 Å². The van der Waals surface area contributed by atoms with Crippen LogP contribution in [0.5, 0.6) is 5.75 Å². The van der Waals surface area contributed by atoms with Gasteiger partial charge < -0.3 is 20.1 Å². The summed E-state index contributed by atoms with van der Waals surface area (Å²) in [5.74, 6) is -1.61. The van der Waals surface area contributed by atoms with Gasteiger partial charge in [0.15, 0.2) is 5.78 Å². The monoisotopic (exact) mass is 362 g/mol. The molecule has 1 aromatic carbocycles. The summed E-state index contributed by atoms with van der Waals surface area (Å²) >= 11 is 0. The number of phenolic OH excluding ortho intramolecular Hbond substituents is 1. The van der Waals surface area contributed by atoms with Gasteiger partial charge in [-0.05, 0) is 56.4 Å². The van der Waals surface area contributed by atoms with E-state index in [1.165, 1.54) is 18.2 Å². The third kappa shape index (κ3) is 4.71. The second-order valence-electron chi connectivity index (χ2n) is 6.95. The molecule has 26 heavy (non-hydrogen) atoms. The summed E-state index contributed by atoms with van der Waals surface area (Å²) in [6, 6.07) is 3.30. The van der Waals surface area contributed by atoms with Crippen LogP contribution in [-0.2, 0) is 16.0 Å². The number of benzene rings is 1. The Morgan fingerprint density at radius 2 is 1.85 bits per heavy atom. The van der Waals surface area contributed by atoms with Crippen LogP contribution in [0.15, 0.2) is 24.3 Å². The summed E-state index contributed by atoms with van der Waals surface area (Å²) in [4.78, 5) is 24.5. The molecule has 6 heteroatoms. The van der Waals surface area contributed by atoms with E-state index in [-0.39, 0.29) is 23.7 Å². The number of aliphatic hydroxyl groups excluding tert-OH is 2. The Labute approximate surface area is 153 Å². The van der Waals surface area contributed by atoms with Crippen LogP contribution < -0.4 is 0 Å². The van der Waals surface area contributed by atoms with Crippen LogP contribution in [-0.4, -0.2) is 45.4 Å². The number of aliphatic hydroxyl groups is 2. The lowest BCUT2D eigenvalue weighted by Gasteiger charge is -2.21. The summed E-state index contributed by atoms with van der Waals surface area (Å²) in [5.41, 5.74) is 1.55. The molecule has 3 N–H and O–H groups in total. The van der Waals surface area contributed by atoms with Crippen LogP contribution in [0.1, 0.15) is 48.2 Å². The average Bonchev–Trinajstić information content (AvgIpc) is 2.56. The minimum Gasteiger partial charge on any atom is -0.507 e. The lowest BCUT2D eigenvalue weighted by molar-refractivity contribution is -0.128. The largest absolute Gasteiger partial charge is 0.507 e. The third-order valence-corrected chi connectivity index (χ3v) is 4.75. The zero-order chi connectivity index (χ0) is 19.4. The van der Waals surface area contributed by atoms with Crippen molar-refractivity contribution in [1.82, 2.24) is 0 Å². The molecule has 1 heterocycles. The first-order valence-corrected chi connectivity index (χ1v) is 8.82. The van der Waals surface area contributed by atoms with Gasteiger partial charge in [0.25, 0.3) is 0 Å². The summed E-state index contributed by atoms with van der Waals surface area (Å²) < 4.78 is 5.46. The van der Waals surface area contributed by atoms with Gasteiger partial charge in [0.1, 0.15) is 23.5 Å². The Morgan fingerprint density at radius 3 is 2.54 bits per heavy atom. The second kappa shape index (κ2) is 8.47. The average molecular weight is 362 g/mol. The quantitative estimate of drug-likeness (QED) is 0.610. The molecule has 0 aromatic heterocycles. The van der Waals surface area contributed by atoms with Crippen LogP contribution in [0.3, 0.4) is 0 Å². The second-order valence-corrected chi connectivity index (χ2v) is 6.95. The van der Waals surface area contributed by atoms with E-state index in [2.05, 4.69) is 0 Å². The van der Waals surface area contributed by atoms with E-state index in [1.807, 2.05) is 6.92 Å². The zero-order valence-corrected chi connectivity index (χ0v) is 15.3. The number of hydrogen-bond acceptors (Lipinski definition) is 6. The van der Waals surface area contributed by atoms with E-state index in [1.54, 1.807) is 19.9 Å². The summed E-state index contributed by atoms with van der Waals surface area (Å²) in [6.07, 6.45) is 0.574. The fraction of sp³-hybridized carbons (Fsp3) is 0.500. The topological polar surface area (TPSA) is 104 Å². The van der Waals surface area contributed by atoms with E-state index >= 15 is 0 Å². The predicted octanol–water partition coefficient (Wildman–Crippen LogP) is 2.07. The molecule has 0 radical (unpaired) electrons. The van der Waals surface area contributed by atoms with E-state index < -0.39 is 30.1 Å². The van der Waals surface area contributed by atoms with Crippen LogP contribution in [0.25, 0.3) is 0 Å². The number of aryl methyl sites for hydroxylation is 2. The molecule has 1 aromatic rings. The molecule has 1 aliphatic rings. The van der Waals surface area contributed by atoms with Gasteiger partial charge in [-0.25, -0.2) is 4.79 Å². The van der Waals surface area contributed by atoms with Crippen molar-refractivity contribution in [3.8, 4) is 5.75 Å². The highest BCUT2D eigenvalue weighted by Crippen LogP contribution is 2.27. The van der Waals surface area contributed by atoms with Gasteiger partial charge in [0.05, 0.1) is 6.10 Å². The number of rotatable bonds is 0. The van der Waals surface area contributed by atoms with Gasteiger partial charge in [-0.1, -0.05) is 19.1 Å². The minimum absolute atomic E-state index is 0.127. The number of phenols is 1. The van der Waals surface area contributed by atoms with E-state index in [0.29, 0.717) is 18.4 Å². The van der Waals surface area contributed by atoms with Crippen molar-refractivity contribution in [2.45, 2.75) is 58.3 Å². The number of hydrogen-bond donors (Lipinski definition) is 3. The smallest absolute Gasteiger partial charge is 0.342 e. The number of carbonyl (C=O) groups excluding carboxylic acids is 2. The first-order chi connectivity index (χ1) is 12.2. The van der Waals surface area contributed by atoms with E-state index in [9.17, 15) is 24.9 Å². The third-order valence-electron chi connectivity index (χ3n) is 4.75. The number of ketones is 1. The van der Waals surface area contributed by atoms with Crippen LogP contribution >= 0.6 is 0 Å². The fourth-order valence-corrected chi connectivity index (χ4v) is 2.96. The van der Waals surface area contributed by atoms with Crippen molar-refractivity contribution in [2.75, 3.05) is 0 Å². The van der Waals surface area contributed by atoms with E-state index in [4.69, 9.17) is 4.74 Å². The maximum Gasteiger partial charge on any atom is 0.342 e. The molecule has 142 valence electrons. The molecule has 0 saturated carbocycles. The Hall–Kier alpha value is -2.18. The van der Waals surface area contributed by atoms with Crippen molar-refractivity contribution in [3.63, 3.8) is 0 Å². The standard InChI is InChI=1S/C20H26O6/c1-11-9-14-5-4-6-15(21)19(24)16(22)8-7-12(2)13(3)26-20(25)18(14)17(23)10-11/h7-10,12-13,15,19,21,23-24H,4-6H2,1-3H3/b8-7-/t12-,13+,15+,19?/m1/s1. The number of aromatic hydroxyl groups is 1. The lowest BCUT2D eigenvalue weighted by atomic mass is 9.95. The molecule has 4 atom stereocenters. The van der Waals surface area contributed by atoms with Crippen molar-refractivity contribution in [3.05, 3.63) is 41.0 Å². The number of fused-ring (bicyclic) bond motifs is 1. The Morgan fingerprint density at radius 1 is 1.15 bits per heavy atom. The molecular weight excluding hydrogens is 336 g/mol. The summed E-state index contributed by atoms with van der Waals surface area (Å²) in [5, 5.41) is 30.2. The minimum atomic E-state index is -1.48. The van der Waals surface area contributed by atoms with Crippen LogP contribution in [0.4, 0.5) is 0 Å². The molecular formula is C20H26O6. The van der Waals surface area contributed by atoms with Gasteiger partial charge in [-0.15, -0.1) is 0 Å². The van der Waals surface area contributed by atoms with Gasteiger partial charge in [-0.3, -0.25) is 4.79 Å². The molecule has 2 rings (SSSR count). The molecule has 0 bridgehead atoms. The van der Waals surface area contributed by atoms with Crippen molar-refractivity contribution >= 4 is 11.8 Å². The normalized spacial score (nSPS) is 29.4.